The summed E-state index contributed by atoms with van der Waals surface area (Å²) in [7, 11) is 0. The minimum atomic E-state index is 0.875. The van der Waals surface area contributed by atoms with E-state index in [4.69, 9.17) is 0 Å². The van der Waals surface area contributed by atoms with Crippen LogP contribution in [0.3, 0.4) is 0 Å². The number of rotatable bonds is 3. The number of hydrogen-bond acceptors (Lipinski definition) is 4. The lowest BCUT2D eigenvalue weighted by Gasteiger charge is -1.90. The van der Waals surface area contributed by atoms with Crippen molar-refractivity contribution in [1.82, 2.24) is 24.4 Å². The molecule has 0 aromatic carbocycles. The molecule has 0 bridgehead atoms. The monoisotopic (exact) mass is 247 g/mol. The van der Waals surface area contributed by atoms with Gasteiger partial charge in [-0.2, -0.15) is 10.2 Å². The van der Waals surface area contributed by atoms with Crippen molar-refractivity contribution in [2.45, 2.75) is 26.8 Å². The van der Waals surface area contributed by atoms with Crippen LogP contribution >= 0.6 is 11.3 Å². The smallest absolute Gasteiger partial charge is 0.212 e. The fourth-order valence-electron chi connectivity index (χ4n) is 1.69. The first-order valence-electron chi connectivity index (χ1n) is 5.68. The Morgan fingerprint density at radius 3 is 2.82 bits per heavy atom. The van der Waals surface area contributed by atoms with Gasteiger partial charge in [-0.25, -0.2) is 9.50 Å². The van der Waals surface area contributed by atoms with Crippen molar-refractivity contribution in [3.05, 3.63) is 23.6 Å². The van der Waals surface area contributed by atoms with E-state index in [1.54, 1.807) is 11.3 Å². The lowest BCUT2D eigenvalue weighted by Crippen LogP contribution is -1.91. The molecular weight excluding hydrogens is 234 g/mol. The summed E-state index contributed by atoms with van der Waals surface area (Å²) < 4.78 is 3.75. The number of aryl methyl sites for hydroxylation is 2. The second kappa shape index (κ2) is 3.96. The zero-order chi connectivity index (χ0) is 11.8. The van der Waals surface area contributed by atoms with Crippen LogP contribution in [-0.2, 0) is 13.0 Å². The molecule has 0 fully saturated rings. The van der Waals surface area contributed by atoms with Gasteiger partial charge in [-0.15, -0.1) is 0 Å². The van der Waals surface area contributed by atoms with Gasteiger partial charge in [0.1, 0.15) is 5.01 Å². The highest BCUT2D eigenvalue weighted by Gasteiger charge is 2.09. The Morgan fingerprint density at radius 1 is 1.29 bits per heavy atom. The quantitative estimate of drug-likeness (QED) is 0.713. The average Bonchev–Trinajstić information content (AvgIpc) is 3.01. The summed E-state index contributed by atoms with van der Waals surface area (Å²) in [5, 5.41) is 9.81. The van der Waals surface area contributed by atoms with Gasteiger partial charge < -0.3 is 0 Å². The van der Waals surface area contributed by atoms with Gasteiger partial charge in [-0.3, -0.25) is 4.68 Å². The van der Waals surface area contributed by atoms with Gasteiger partial charge in [-0.05, 0) is 13.3 Å². The molecule has 0 unspecified atom stereocenters. The Kier molecular flexibility index (Phi) is 2.44. The van der Waals surface area contributed by atoms with Gasteiger partial charge in [0, 0.05) is 18.3 Å². The molecule has 0 aliphatic rings. The maximum atomic E-state index is 4.56. The van der Waals surface area contributed by atoms with Crippen LogP contribution < -0.4 is 0 Å². The van der Waals surface area contributed by atoms with E-state index in [1.807, 2.05) is 27.8 Å². The van der Waals surface area contributed by atoms with Gasteiger partial charge in [0.25, 0.3) is 0 Å². The number of nitrogens with zero attached hydrogens (tertiary/aromatic N) is 5. The molecule has 0 aliphatic heterocycles. The molecule has 3 aromatic rings. The lowest BCUT2D eigenvalue weighted by atomic mass is 10.3. The molecule has 0 N–H and O–H groups in total. The fourth-order valence-corrected chi connectivity index (χ4v) is 2.51. The number of imidazole rings is 1. The molecule has 3 aromatic heterocycles. The van der Waals surface area contributed by atoms with Crippen LogP contribution in [0.25, 0.3) is 16.2 Å². The van der Waals surface area contributed by atoms with Crippen LogP contribution in [-0.4, -0.2) is 24.4 Å². The van der Waals surface area contributed by atoms with Gasteiger partial charge in [0.05, 0.1) is 18.1 Å². The highest BCUT2D eigenvalue weighted by Crippen LogP contribution is 2.21. The molecule has 0 saturated carbocycles. The zero-order valence-electron chi connectivity index (χ0n) is 9.79. The number of aromatic nitrogens is 5. The molecule has 0 amide bonds. The summed E-state index contributed by atoms with van der Waals surface area (Å²) in [4.78, 5) is 5.51. The summed E-state index contributed by atoms with van der Waals surface area (Å²) in [5.74, 6) is 0. The molecule has 6 heteroatoms. The Hall–Kier alpha value is -1.69. The Bertz CT molecular complexity index is 616. The molecule has 0 atom stereocenters. The lowest BCUT2D eigenvalue weighted by molar-refractivity contribution is 0.660. The van der Waals surface area contributed by atoms with Crippen molar-refractivity contribution in [2.75, 3.05) is 0 Å². The summed E-state index contributed by atoms with van der Waals surface area (Å²) in [6.07, 6.45) is 6.77. The molecule has 17 heavy (non-hydrogen) atoms. The zero-order valence-corrected chi connectivity index (χ0v) is 10.6. The maximum Gasteiger partial charge on any atom is 0.212 e. The van der Waals surface area contributed by atoms with Crippen molar-refractivity contribution in [3.63, 3.8) is 0 Å². The summed E-state index contributed by atoms with van der Waals surface area (Å²) in [5.41, 5.74) is 1.98. The van der Waals surface area contributed by atoms with E-state index >= 15 is 0 Å². The first-order valence-corrected chi connectivity index (χ1v) is 6.49. The van der Waals surface area contributed by atoms with E-state index in [0.717, 1.165) is 34.2 Å². The average molecular weight is 247 g/mol. The SMILES string of the molecule is CCc1nn2cc(-c3cnn(CC)c3)nc2s1. The second-order valence-corrected chi connectivity index (χ2v) is 4.83. The molecule has 0 saturated heterocycles. The largest absolute Gasteiger partial charge is 0.272 e. The molecule has 5 nitrogen and oxygen atoms in total. The van der Waals surface area contributed by atoms with E-state index in [2.05, 4.69) is 29.0 Å². The van der Waals surface area contributed by atoms with Gasteiger partial charge in [0.15, 0.2) is 0 Å². The van der Waals surface area contributed by atoms with Crippen molar-refractivity contribution < 1.29 is 0 Å². The van der Waals surface area contributed by atoms with Gasteiger partial charge >= 0.3 is 0 Å². The Balaban J connectivity index is 2.02. The predicted octanol–water partition coefficient (Wildman–Crippen LogP) is 2.24. The molecule has 3 heterocycles. The Labute approximate surface area is 103 Å². The van der Waals surface area contributed by atoms with Crippen LogP contribution in [0.4, 0.5) is 0 Å². The van der Waals surface area contributed by atoms with Crippen LogP contribution in [0.5, 0.6) is 0 Å². The topological polar surface area (TPSA) is 48.0 Å². The van der Waals surface area contributed by atoms with E-state index < -0.39 is 0 Å². The molecular formula is C11H13N5S. The number of fused-ring (bicyclic) bond motifs is 1. The summed E-state index contributed by atoms with van der Waals surface area (Å²) in [6.45, 7) is 5.04. The van der Waals surface area contributed by atoms with E-state index in [0.29, 0.717) is 0 Å². The van der Waals surface area contributed by atoms with Crippen LogP contribution in [0.15, 0.2) is 18.6 Å². The predicted molar refractivity (Wildman–Crippen MR) is 67.1 cm³/mol. The van der Waals surface area contributed by atoms with Gasteiger partial charge in [-0.1, -0.05) is 18.3 Å². The third-order valence-electron chi connectivity index (χ3n) is 2.64. The molecule has 0 aliphatic carbocycles. The third kappa shape index (κ3) is 1.74. The minimum absolute atomic E-state index is 0.875. The van der Waals surface area contributed by atoms with Crippen LogP contribution in [0.1, 0.15) is 18.9 Å². The molecule has 3 rings (SSSR count). The molecule has 88 valence electrons. The van der Waals surface area contributed by atoms with Crippen molar-refractivity contribution >= 4 is 16.3 Å². The maximum absolute atomic E-state index is 4.56. The highest BCUT2D eigenvalue weighted by atomic mass is 32.1. The third-order valence-corrected chi connectivity index (χ3v) is 3.71. The van der Waals surface area contributed by atoms with Crippen molar-refractivity contribution in [2.24, 2.45) is 0 Å². The van der Waals surface area contributed by atoms with Crippen molar-refractivity contribution in [1.29, 1.82) is 0 Å². The first kappa shape index (κ1) is 10.5. The fraction of sp³-hybridized carbons (Fsp3) is 0.364. The normalized spacial score (nSPS) is 11.4. The van der Waals surface area contributed by atoms with E-state index in [9.17, 15) is 0 Å². The summed E-state index contributed by atoms with van der Waals surface area (Å²) in [6, 6.07) is 0. The number of hydrogen-bond donors (Lipinski definition) is 0. The van der Waals surface area contributed by atoms with Crippen molar-refractivity contribution in [3.8, 4) is 11.3 Å². The van der Waals surface area contributed by atoms with Crippen LogP contribution in [0, 0.1) is 0 Å². The highest BCUT2D eigenvalue weighted by molar-refractivity contribution is 7.16. The van der Waals surface area contributed by atoms with Gasteiger partial charge in [0.2, 0.25) is 4.96 Å². The molecule has 0 radical (unpaired) electrons. The summed E-state index contributed by atoms with van der Waals surface area (Å²) >= 11 is 1.64. The minimum Gasteiger partial charge on any atom is -0.272 e. The van der Waals surface area contributed by atoms with Crippen LogP contribution in [0.2, 0.25) is 0 Å². The first-order chi connectivity index (χ1) is 8.30. The van der Waals surface area contributed by atoms with E-state index in [-0.39, 0.29) is 0 Å². The van der Waals surface area contributed by atoms with E-state index in [1.165, 1.54) is 0 Å². The standard InChI is InChI=1S/C11H13N5S/c1-3-10-14-16-7-9(13-11(16)17-10)8-5-12-15(4-2)6-8/h5-7H,3-4H2,1-2H3. The molecule has 0 spiro atoms. The Morgan fingerprint density at radius 2 is 2.18 bits per heavy atom. The second-order valence-electron chi connectivity index (χ2n) is 3.79.